The van der Waals surface area contributed by atoms with E-state index in [1.807, 2.05) is 0 Å². The fourth-order valence-electron chi connectivity index (χ4n) is 1.18. The van der Waals surface area contributed by atoms with Crippen molar-refractivity contribution in [3.63, 3.8) is 0 Å². The van der Waals surface area contributed by atoms with Crippen LogP contribution in [0.4, 0.5) is 0 Å². The SMILES string of the molecule is C=CCNC(N)=NCc1ccc(C(N)=O)cc1. The number of amides is 1. The van der Waals surface area contributed by atoms with Crippen LogP contribution < -0.4 is 16.8 Å². The van der Waals surface area contributed by atoms with E-state index in [1.54, 1.807) is 30.3 Å². The van der Waals surface area contributed by atoms with Crippen LogP contribution in [-0.4, -0.2) is 18.4 Å². The van der Waals surface area contributed by atoms with Crippen molar-refractivity contribution in [3.8, 4) is 0 Å². The van der Waals surface area contributed by atoms with Crippen LogP contribution in [0, 0.1) is 0 Å². The Labute approximate surface area is 100 Å². The monoisotopic (exact) mass is 232 g/mol. The second-order valence-electron chi connectivity index (χ2n) is 3.43. The van der Waals surface area contributed by atoms with Crippen molar-refractivity contribution in [2.75, 3.05) is 6.54 Å². The highest BCUT2D eigenvalue weighted by atomic mass is 16.1. The fourth-order valence-corrected chi connectivity index (χ4v) is 1.18. The summed E-state index contributed by atoms with van der Waals surface area (Å²) in [5, 5.41) is 2.87. The number of hydrogen-bond donors (Lipinski definition) is 3. The number of aliphatic imine (C=N–C) groups is 1. The van der Waals surface area contributed by atoms with Crippen LogP contribution in [0.15, 0.2) is 41.9 Å². The Morgan fingerprint density at radius 2 is 2.00 bits per heavy atom. The maximum atomic E-state index is 10.9. The minimum absolute atomic E-state index is 0.365. The van der Waals surface area contributed by atoms with Crippen molar-refractivity contribution in [1.82, 2.24) is 5.32 Å². The van der Waals surface area contributed by atoms with Gasteiger partial charge in [-0.1, -0.05) is 18.2 Å². The summed E-state index contributed by atoms with van der Waals surface area (Å²) in [5.41, 5.74) is 12.2. The third kappa shape index (κ3) is 4.38. The lowest BCUT2D eigenvalue weighted by Gasteiger charge is -2.02. The summed E-state index contributed by atoms with van der Waals surface area (Å²) in [6, 6.07) is 6.93. The molecule has 1 amide bonds. The summed E-state index contributed by atoms with van der Waals surface area (Å²) in [7, 11) is 0. The summed E-state index contributed by atoms with van der Waals surface area (Å²) < 4.78 is 0. The molecule has 17 heavy (non-hydrogen) atoms. The largest absolute Gasteiger partial charge is 0.370 e. The molecule has 0 aliphatic carbocycles. The van der Waals surface area contributed by atoms with E-state index in [1.165, 1.54) is 0 Å². The van der Waals surface area contributed by atoms with Gasteiger partial charge in [-0.25, -0.2) is 4.99 Å². The van der Waals surface area contributed by atoms with Crippen LogP contribution in [0.2, 0.25) is 0 Å². The van der Waals surface area contributed by atoms with Gasteiger partial charge in [0.05, 0.1) is 6.54 Å². The van der Waals surface area contributed by atoms with Gasteiger partial charge in [0.1, 0.15) is 0 Å². The predicted octanol–water partition coefficient (Wildman–Crippen LogP) is 0.376. The van der Waals surface area contributed by atoms with E-state index in [0.29, 0.717) is 24.6 Å². The third-order valence-electron chi connectivity index (χ3n) is 2.10. The maximum Gasteiger partial charge on any atom is 0.248 e. The molecule has 0 unspecified atom stereocenters. The topological polar surface area (TPSA) is 93.5 Å². The highest BCUT2D eigenvalue weighted by Gasteiger charge is 1.99. The highest BCUT2D eigenvalue weighted by molar-refractivity contribution is 5.92. The van der Waals surface area contributed by atoms with Crippen molar-refractivity contribution >= 4 is 11.9 Å². The number of carbonyl (C=O) groups excluding carboxylic acids is 1. The Morgan fingerprint density at radius 3 is 2.53 bits per heavy atom. The zero-order chi connectivity index (χ0) is 12.7. The van der Waals surface area contributed by atoms with Gasteiger partial charge in [0.15, 0.2) is 5.96 Å². The van der Waals surface area contributed by atoms with Crippen LogP contribution >= 0.6 is 0 Å². The number of guanidine groups is 1. The molecule has 0 fully saturated rings. The second kappa shape index (κ2) is 6.32. The molecule has 0 heterocycles. The zero-order valence-electron chi connectivity index (χ0n) is 9.52. The number of hydrogen-bond acceptors (Lipinski definition) is 2. The highest BCUT2D eigenvalue weighted by Crippen LogP contribution is 2.04. The molecular weight excluding hydrogens is 216 g/mol. The lowest BCUT2D eigenvalue weighted by molar-refractivity contribution is 0.100. The smallest absolute Gasteiger partial charge is 0.248 e. The molecule has 5 nitrogen and oxygen atoms in total. The van der Waals surface area contributed by atoms with Gasteiger partial charge >= 0.3 is 0 Å². The number of carbonyl (C=O) groups is 1. The van der Waals surface area contributed by atoms with Gasteiger partial charge < -0.3 is 16.8 Å². The van der Waals surface area contributed by atoms with Gasteiger partial charge in [-0.05, 0) is 17.7 Å². The first-order chi connectivity index (χ1) is 8.13. The zero-order valence-corrected chi connectivity index (χ0v) is 9.52. The van der Waals surface area contributed by atoms with E-state index < -0.39 is 5.91 Å². The molecule has 5 N–H and O–H groups in total. The molecule has 5 heteroatoms. The van der Waals surface area contributed by atoms with Crippen LogP contribution in [0.5, 0.6) is 0 Å². The maximum absolute atomic E-state index is 10.9. The van der Waals surface area contributed by atoms with Crippen molar-refractivity contribution in [2.24, 2.45) is 16.5 Å². The predicted molar refractivity (Wildman–Crippen MR) is 68.5 cm³/mol. The van der Waals surface area contributed by atoms with Gasteiger partial charge in [-0.2, -0.15) is 0 Å². The summed E-state index contributed by atoms with van der Waals surface area (Å²) in [5.74, 6) is -0.0731. The number of primary amides is 1. The molecule has 0 atom stereocenters. The van der Waals surface area contributed by atoms with Gasteiger partial charge in [-0.15, -0.1) is 6.58 Å². The van der Waals surface area contributed by atoms with E-state index >= 15 is 0 Å². The lowest BCUT2D eigenvalue weighted by atomic mass is 10.1. The van der Waals surface area contributed by atoms with Crippen LogP contribution in [-0.2, 0) is 6.54 Å². The summed E-state index contributed by atoms with van der Waals surface area (Å²) in [4.78, 5) is 15.0. The van der Waals surface area contributed by atoms with E-state index in [-0.39, 0.29) is 0 Å². The molecule has 0 saturated carbocycles. The van der Waals surface area contributed by atoms with E-state index in [4.69, 9.17) is 11.5 Å². The molecule has 0 aliphatic rings. The molecule has 90 valence electrons. The molecule has 1 rings (SSSR count). The van der Waals surface area contributed by atoms with Crippen molar-refractivity contribution < 1.29 is 4.79 Å². The number of nitrogens with one attached hydrogen (secondary N) is 1. The molecule has 0 radical (unpaired) electrons. The number of nitrogens with zero attached hydrogens (tertiary/aromatic N) is 1. The van der Waals surface area contributed by atoms with Gasteiger partial charge in [-0.3, -0.25) is 4.79 Å². The van der Waals surface area contributed by atoms with Gasteiger partial charge in [0.25, 0.3) is 0 Å². The van der Waals surface area contributed by atoms with Gasteiger partial charge in [0.2, 0.25) is 5.91 Å². The van der Waals surface area contributed by atoms with E-state index in [0.717, 1.165) is 5.56 Å². The molecule has 0 bridgehead atoms. The first kappa shape index (κ1) is 12.8. The standard InChI is InChI=1S/C12H16N4O/c1-2-7-15-12(14)16-8-9-3-5-10(6-4-9)11(13)17/h2-6H,1,7-8H2,(H2,13,17)(H3,14,15,16). The lowest BCUT2D eigenvalue weighted by Crippen LogP contribution is -2.31. The average molecular weight is 232 g/mol. The minimum atomic E-state index is -0.438. The Kier molecular flexibility index (Phi) is 4.75. The molecule has 1 aromatic carbocycles. The molecule has 0 spiro atoms. The Morgan fingerprint density at radius 1 is 1.35 bits per heavy atom. The number of benzene rings is 1. The Balaban J connectivity index is 2.57. The van der Waals surface area contributed by atoms with E-state index in [9.17, 15) is 4.79 Å². The molecule has 0 aromatic heterocycles. The summed E-state index contributed by atoms with van der Waals surface area (Å²) in [6.07, 6.45) is 1.70. The van der Waals surface area contributed by atoms with Gasteiger partial charge in [0, 0.05) is 12.1 Å². The first-order valence-corrected chi connectivity index (χ1v) is 5.17. The third-order valence-corrected chi connectivity index (χ3v) is 2.10. The minimum Gasteiger partial charge on any atom is -0.370 e. The summed E-state index contributed by atoms with van der Waals surface area (Å²) >= 11 is 0. The Bertz CT molecular complexity index is 423. The molecule has 0 saturated heterocycles. The number of rotatable bonds is 5. The van der Waals surface area contributed by atoms with Crippen LogP contribution in [0.1, 0.15) is 15.9 Å². The van der Waals surface area contributed by atoms with Crippen molar-refractivity contribution in [2.45, 2.75) is 6.54 Å². The van der Waals surface area contributed by atoms with Crippen molar-refractivity contribution in [1.29, 1.82) is 0 Å². The van der Waals surface area contributed by atoms with Crippen LogP contribution in [0.25, 0.3) is 0 Å². The second-order valence-corrected chi connectivity index (χ2v) is 3.43. The first-order valence-electron chi connectivity index (χ1n) is 5.17. The molecular formula is C12H16N4O. The summed E-state index contributed by atoms with van der Waals surface area (Å²) in [6.45, 7) is 4.59. The quantitative estimate of drug-likeness (QED) is 0.389. The van der Waals surface area contributed by atoms with E-state index in [2.05, 4.69) is 16.9 Å². The average Bonchev–Trinajstić information content (AvgIpc) is 2.34. The number of nitrogens with two attached hydrogens (primary N) is 2. The fraction of sp³-hybridized carbons (Fsp3) is 0.167. The Hall–Kier alpha value is -2.30. The normalized spacial score (nSPS) is 10.9. The molecule has 1 aromatic rings. The van der Waals surface area contributed by atoms with Crippen LogP contribution in [0.3, 0.4) is 0 Å². The molecule has 0 aliphatic heterocycles. The van der Waals surface area contributed by atoms with Crippen molar-refractivity contribution in [3.05, 3.63) is 48.0 Å².